The SMILES string of the molecule is COc1ccc(S(=O)(=O)N(Cc2cccc3ccccc23)[C@H](C)C(=O)NO)cc1. The molecule has 0 bridgehead atoms. The molecule has 0 aliphatic carbocycles. The van der Waals surface area contributed by atoms with Gasteiger partial charge in [-0.1, -0.05) is 42.5 Å². The molecule has 0 spiro atoms. The zero-order chi connectivity index (χ0) is 21.0. The first-order valence-electron chi connectivity index (χ1n) is 8.95. The van der Waals surface area contributed by atoms with Crippen molar-refractivity contribution in [2.24, 2.45) is 0 Å². The predicted molar refractivity (Wildman–Crippen MR) is 109 cm³/mol. The van der Waals surface area contributed by atoms with E-state index in [0.29, 0.717) is 5.75 Å². The number of ether oxygens (including phenoxy) is 1. The highest BCUT2D eigenvalue weighted by atomic mass is 32.2. The first kappa shape index (κ1) is 20.8. The Morgan fingerprint density at radius 3 is 2.38 bits per heavy atom. The van der Waals surface area contributed by atoms with E-state index in [0.717, 1.165) is 20.6 Å². The van der Waals surface area contributed by atoms with Crippen LogP contribution in [0, 0.1) is 0 Å². The molecular weight excluding hydrogens is 392 g/mol. The highest BCUT2D eigenvalue weighted by Gasteiger charge is 2.33. The summed E-state index contributed by atoms with van der Waals surface area (Å²) in [6.07, 6.45) is 0. The van der Waals surface area contributed by atoms with Crippen LogP contribution in [0.25, 0.3) is 10.8 Å². The molecular formula is C21H22N2O5S. The summed E-state index contributed by atoms with van der Waals surface area (Å²) in [5.74, 6) is -0.298. The van der Waals surface area contributed by atoms with Gasteiger partial charge in [0.15, 0.2) is 0 Å². The summed E-state index contributed by atoms with van der Waals surface area (Å²) in [6, 6.07) is 18.0. The van der Waals surface area contributed by atoms with E-state index >= 15 is 0 Å². The van der Waals surface area contributed by atoms with Crippen LogP contribution in [0.5, 0.6) is 5.75 Å². The van der Waals surface area contributed by atoms with Crippen molar-refractivity contribution in [3.8, 4) is 5.75 Å². The third-order valence-corrected chi connectivity index (χ3v) is 6.72. The van der Waals surface area contributed by atoms with Gasteiger partial charge in [0.05, 0.1) is 12.0 Å². The lowest BCUT2D eigenvalue weighted by Crippen LogP contribution is -2.46. The minimum Gasteiger partial charge on any atom is -0.497 e. The van der Waals surface area contributed by atoms with Crippen molar-refractivity contribution >= 4 is 26.7 Å². The fraction of sp³-hybridized carbons (Fsp3) is 0.190. The number of fused-ring (bicyclic) bond motifs is 1. The maximum atomic E-state index is 13.4. The molecule has 0 unspecified atom stereocenters. The number of nitrogens with zero attached hydrogens (tertiary/aromatic N) is 1. The number of rotatable bonds is 7. The first-order valence-corrected chi connectivity index (χ1v) is 10.4. The van der Waals surface area contributed by atoms with Crippen molar-refractivity contribution in [2.75, 3.05) is 7.11 Å². The zero-order valence-corrected chi connectivity index (χ0v) is 16.9. The molecule has 0 saturated heterocycles. The summed E-state index contributed by atoms with van der Waals surface area (Å²) in [6.45, 7) is 1.39. The van der Waals surface area contributed by atoms with Gasteiger partial charge in [-0.15, -0.1) is 0 Å². The summed E-state index contributed by atoms with van der Waals surface area (Å²) < 4.78 is 32.9. The number of hydroxylamine groups is 1. The lowest BCUT2D eigenvalue weighted by molar-refractivity contribution is -0.132. The number of nitrogens with one attached hydrogen (secondary N) is 1. The van der Waals surface area contributed by atoms with Crippen LogP contribution in [0.4, 0.5) is 0 Å². The average molecular weight is 414 g/mol. The van der Waals surface area contributed by atoms with E-state index in [-0.39, 0.29) is 11.4 Å². The molecule has 3 rings (SSSR count). The normalized spacial score (nSPS) is 12.7. The number of hydrogen-bond acceptors (Lipinski definition) is 5. The molecule has 3 aromatic carbocycles. The zero-order valence-electron chi connectivity index (χ0n) is 16.1. The fourth-order valence-corrected chi connectivity index (χ4v) is 4.71. The maximum absolute atomic E-state index is 13.4. The molecule has 0 aromatic heterocycles. The Morgan fingerprint density at radius 2 is 1.72 bits per heavy atom. The van der Waals surface area contributed by atoms with E-state index in [1.807, 2.05) is 42.5 Å². The first-order chi connectivity index (χ1) is 13.9. The van der Waals surface area contributed by atoms with Gasteiger partial charge in [0, 0.05) is 6.54 Å². The molecule has 29 heavy (non-hydrogen) atoms. The van der Waals surface area contributed by atoms with Crippen LogP contribution in [0.3, 0.4) is 0 Å². The number of benzene rings is 3. The van der Waals surface area contributed by atoms with Gasteiger partial charge < -0.3 is 4.74 Å². The van der Waals surface area contributed by atoms with E-state index in [1.165, 1.54) is 26.2 Å². The lowest BCUT2D eigenvalue weighted by atomic mass is 10.0. The molecule has 0 heterocycles. The Hall–Kier alpha value is -2.94. The minimum atomic E-state index is -4.04. The van der Waals surface area contributed by atoms with Gasteiger partial charge in [-0.05, 0) is 47.5 Å². The summed E-state index contributed by atoms with van der Waals surface area (Å²) in [5.41, 5.74) is 2.29. The van der Waals surface area contributed by atoms with E-state index in [9.17, 15) is 13.2 Å². The van der Waals surface area contributed by atoms with Crippen molar-refractivity contribution in [3.63, 3.8) is 0 Å². The topological polar surface area (TPSA) is 95.9 Å². The van der Waals surface area contributed by atoms with Crippen LogP contribution in [0.1, 0.15) is 12.5 Å². The van der Waals surface area contributed by atoms with Crippen LogP contribution in [0.2, 0.25) is 0 Å². The van der Waals surface area contributed by atoms with E-state index < -0.39 is 22.0 Å². The Bertz CT molecular complexity index is 1110. The Kier molecular flexibility index (Phi) is 6.17. The van der Waals surface area contributed by atoms with E-state index in [4.69, 9.17) is 9.94 Å². The summed E-state index contributed by atoms with van der Waals surface area (Å²) >= 11 is 0. The lowest BCUT2D eigenvalue weighted by Gasteiger charge is -2.27. The molecule has 0 fully saturated rings. The van der Waals surface area contributed by atoms with E-state index in [1.54, 1.807) is 17.6 Å². The quantitative estimate of drug-likeness (QED) is 0.458. The van der Waals surface area contributed by atoms with Crippen LogP contribution < -0.4 is 10.2 Å². The van der Waals surface area contributed by atoms with Crippen molar-refractivity contribution in [3.05, 3.63) is 72.3 Å². The average Bonchev–Trinajstić information content (AvgIpc) is 2.76. The highest BCUT2D eigenvalue weighted by molar-refractivity contribution is 7.89. The van der Waals surface area contributed by atoms with Gasteiger partial charge in [0.1, 0.15) is 11.8 Å². The Balaban J connectivity index is 2.07. The number of methoxy groups -OCH3 is 1. The summed E-state index contributed by atoms with van der Waals surface area (Å²) in [4.78, 5) is 12.1. The third-order valence-electron chi connectivity index (χ3n) is 4.79. The van der Waals surface area contributed by atoms with Gasteiger partial charge in [-0.2, -0.15) is 4.31 Å². The van der Waals surface area contributed by atoms with Gasteiger partial charge in [-0.3, -0.25) is 10.0 Å². The molecule has 1 amide bonds. The Labute approximate surface area is 169 Å². The molecule has 1 atom stereocenters. The van der Waals surface area contributed by atoms with Crippen molar-refractivity contribution < 1.29 is 23.2 Å². The number of hydrogen-bond donors (Lipinski definition) is 2. The van der Waals surface area contributed by atoms with Crippen molar-refractivity contribution in [1.29, 1.82) is 0 Å². The predicted octanol–water partition coefficient (Wildman–Crippen LogP) is 2.93. The number of carbonyl (C=O) groups excluding carboxylic acids is 1. The summed E-state index contributed by atoms with van der Waals surface area (Å²) in [5, 5.41) is 10.9. The molecule has 2 N–H and O–H groups in total. The third kappa shape index (κ3) is 4.24. The van der Waals surface area contributed by atoms with Crippen molar-refractivity contribution in [2.45, 2.75) is 24.4 Å². The monoisotopic (exact) mass is 414 g/mol. The minimum absolute atomic E-state index is 0.0242. The number of amides is 1. The van der Waals surface area contributed by atoms with Gasteiger partial charge in [-0.25, -0.2) is 13.9 Å². The summed E-state index contributed by atoms with van der Waals surface area (Å²) in [7, 11) is -2.55. The second-order valence-electron chi connectivity index (χ2n) is 6.52. The molecule has 0 saturated carbocycles. The molecule has 8 heteroatoms. The van der Waals surface area contributed by atoms with Crippen LogP contribution >= 0.6 is 0 Å². The van der Waals surface area contributed by atoms with E-state index in [2.05, 4.69) is 0 Å². The molecule has 0 radical (unpaired) electrons. The smallest absolute Gasteiger partial charge is 0.261 e. The van der Waals surface area contributed by atoms with Crippen molar-refractivity contribution in [1.82, 2.24) is 9.79 Å². The van der Waals surface area contributed by atoms with Crippen LogP contribution in [0.15, 0.2) is 71.6 Å². The second-order valence-corrected chi connectivity index (χ2v) is 8.41. The molecule has 7 nitrogen and oxygen atoms in total. The fourth-order valence-electron chi connectivity index (χ4n) is 3.14. The number of sulfonamides is 1. The highest BCUT2D eigenvalue weighted by Crippen LogP contribution is 2.26. The van der Waals surface area contributed by atoms with Gasteiger partial charge in [0.25, 0.3) is 5.91 Å². The Morgan fingerprint density at radius 1 is 1.07 bits per heavy atom. The largest absolute Gasteiger partial charge is 0.497 e. The molecule has 0 aliphatic heterocycles. The van der Waals surface area contributed by atoms with Gasteiger partial charge in [0.2, 0.25) is 10.0 Å². The second kappa shape index (κ2) is 8.60. The molecule has 3 aromatic rings. The standard InChI is InChI=1S/C21H22N2O5S/c1-15(21(24)22-25)23(29(26,27)19-12-10-18(28-2)11-13-19)14-17-8-5-7-16-6-3-4-9-20(16)17/h3-13,15,25H,14H2,1-2H3,(H,22,24)/t15-/m1/s1. The molecule has 0 aliphatic rings. The van der Waals surface area contributed by atoms with Crippen LogP contribution in [-0.2, 0) is 21.4 Å². The maximum Gasteiger partial charge on any atom is 0.261 e. The number of carbonyl (C=O) groups is 1. The van der Waals surface area contributed by atoms with Crippen LogP contribution in [-0.4, -0.2) is 37.0 Å². The van der Waals surface area contributed by atoms with Gasteiger partial charge >= 0.3 is 0 Å². The molecule has 152 valence electrons.